The maximum absolute atomic E-state index is 12.2. The van der Waals surface area contributed by atoms with Crippen LogP contribution in [0.1, 0.15) is 11.1 Å². The molecule has 7 heteroatoms. The van der Waals surface area contributed by atoms with Crippen molar-refractivity contribution in [3.8, 4) is 23.0 Å². The molecule has 0 aromatic heterocycles. The number of aliphatic imine (C=N–C) groups is 1. The average Bonchev–Trinajstić information content (AvgIpc) is 3.07. The van der Waals surface area contributed by atoms with Crippen LogP contribution in [0.3, 0.4) is 0 Å². The van der Waals surface area contributed by atoms with Crippen LogP contribution in [-0.2, 0) is 9.53 Å². The van der Waals surface area contributed by atoms with Crippen LogP contribution in [0, 0.1) is 0 Å². The first-order valence-electron chi connectivity index (χ1n) is 8.06. The smallest absolute Gasteiger partial charge is 0.363 e. The molecule has 0 aliphatic carbocycles. The SMILES string of the molecule is COc1cccc(C=C2N=C(c3cc(OC)c(OC)c(OC)c3)OC2=O)c1. The second kappa shape index (κ2) is 7.82. The minimum atomic E-state index is -0.540. The molecule has 1 heterocycles. The molecule has 140 valence electrons. The van der Waals surface area contributed by atoms with Crippen LogP contribution in [0.4, 0.5) is 0 Å². The quantitative estimate of drug-likeness (QED) is 0.575. The van der Waals surface area contributed by atoms with E-state index < -0.39 is 5.97 Å². The third kappa shape index (κ3) is 3.72. The van der Waals surface area contributed by atoms with Crippen LogP contribution < -0.4 is 18.9 Å². The molecule has 2 aromatic rings. The van der Waals surface area contributed by atoms with Gasteiger partial charge in [-0.25, -0.2) is 9.79 Å². The lowest BCUT2D eigenvalue weighted by Crippen LogP contribution is -2.06. The van der Waals surface area contributed by atoms with Gasteiger partial charge in [-0.1, -0.05) is 12.1 Å². The Hall–Kier alpha value is -3.48. The molecule has 0 N–H and O–H groups in total. The predicted molar refractivity (Wildman–Crippen MR) is 99.7 cm³/mol. The lowest BCUT2D eigenvalue weighted by Gasteiger charge is -2.13. The molecule has 0 saturated heterocycles. The first kappa shape index (κ1) is 18.3. The largest absolute Gasteiger partial charge is 0.497 e. The van der Waals surface area contributed by atoms with Crippen molar-refractivity contribution in [2.45, 2.75) is 0 Å². The number of hydrogen-bond donors (Lipinski definition) is 0. The summed E-state index contributed by atoms with van der Waals surface area (Å²) in [7, 11) is 6.12. The number of hydrogen-bond acceptors (Lipinski definition) is 7. The van der Waals surface area contributed by atoms with Gasteiger partial charge in [-0.05, 0) is 35.9 Å². The van der Waals surface area contributed by atoms with Crippen LogP contribution in [0.2, 0.25) is 0 Å². The molecular formula is C20H19NO6. The van der Waals surface area contributed by atoms with Crippen molar-refractivity contribution < 1.29 is 28.5 Å². The summed E-state index contributed by atoms with van der Waals surface area (Å²) in [5.41, 5.74) is 1.50. The Morgan fingerprint density at radius 1 is 0.926 bits per heavy atom. The number of ether oxygens (including phenoxy) is 5. The van der Waals surface area contributed by atoms with Crippen LogP contribution in [0.15, 0.2) is 47.1 Å². The van der Waals surface area contributed by atoms with Crippen molar-refractivity contribution >= 4 is 17.9 Å². The Bertz CT molecular complexity index is 907. The number of methoxy groups -OCH3 is 4. The Balaban J connectivity index is 2.00. The van der Waals surface area contributed by atoms with Crippen LogP contribution in [0.25, 0.3) is 6.08 Å². The molecule has 0 spiro atoms. The van der Waals surface area contributed by atoms with Crippen molar-refractivity contribution in [3.05, 3.63) is 53.2 Å². The highest BCUT2D eigenvalue weighted by Gasteiger charge is 2.26. The van der Waals surface area contributed by atoms with Gasteiger partial charge in [0.1, 0.15) is 5.75 Å². The monoisotopic (exact) mass is 369 g/mol. The third-order valence-electron chi connectivity index (χ3n) is 3.93. The Kier molecular flexibility index (Phi) is 5.30. The zero-order valence-electron chi connectivity index (χ0n) is 15.4. The van der Waals surface area contributed by atoms with Gasteiger partial charge < -0.3 is 23.7 Å². The molecule has 0 amide bonds. The minimum absolute atomic E-state index is 0.161. The maximum Gasteiger partial charge on any atom is 0.363 e. The first-order valence-corrected chi connectivity index (χ1v) is 8.06. The van der Waals surface area contributed by atoms with E-state index in [4.69, 9.17) is 23.7 Å². The van der Waals surface area contributed by atoms with E-state index in [9.17, 15) is 4.79 Å². The van der Waals surface area contributed by atoms with Crippen LogP contribution in [-0.4, -0.2) is 40.3 Å². The lowest BCUT2D eigenvalue weighted by molar-refractivity contribution is -0.129. The molecule has 1 aliphatic heterocycles. The summed E-state index contributed by atoms with van der Waals surface area (Å²) in [6.45, 7) is 0. The molecular weight excluding hydrogens is 350 g/mol. The van der Waals surface area contributed by atoms with E-state index in [2.05, 4.69) is 4.99 Å². The predicted octanol–water partition coefficient (Wildman–Crippen LogP) is 3.07. The fourth-order valence-corrected chi connectivity index (χ4v) is 2.63. The molecule has 7 nitrogen and oxygen atoms in total. The number of carbonyl (C=O) groups excluding carboxylic acids is 1. The summed E-state index contributed by atoms with van der Waals surface area (Å²) >= 11 is 0. The third-order valence-corrected chi connectivity index (χ3v) is 3.93. The van der Waals surface area contributed by atoms with Gasteiger partial charge in [0.25, 0.3) is 0 Å². The highest BCUT2D eigenvalue weighted by Crippen LogP contribution is 2.39. The summed E-state index contributed by atoms with van der Waals surface area (Å²) in [4.78, 5) is 16.5. The van der Waals surface area contributed by atoms with Gasteiger partial charge in [-0.2, -0.15) is 0 Å². The Morgan fingerprint density at radius 3 is 2.22 bits per heavy atom. The van der Waals surface area contributed by atoms with Crippen LogP contribution >= 0.6 is 0 Å². The number of esters is 1. The lowest BCUT2D eigenvalue weighted by atomic mass is 10.1. The van der Waals surface area contributed by atoms with E-state index in [0.717, 1.165) is 5.56 Å². The van der Waals surface area contributed by atoms with Gasteiger partial charge in [0, 0.05) is 5.56 Å². The van der Waals surface area contributed by atoms with Crippen molar-refractivity contribution in [1.82, 2.24) is 0 Å². The second-order valence-electron chi connectivity index (χ2n) is 5.53. The number of benzene rings is 2. The average molecular weight is 369 g/mol. The zero-order chi connectivity index (χ0) is 19.4. The van der Waals surface area contributed by atoms with Gasteiger partial charge in [0.15, 0.2) is 17.2 Å². The van der Waals surface area contributed by atoms with E-state index in [1.54, 1.807) is 31.4 Å². The summed E-state index contributed by atoms with van der Waals surface area (Å²) in [5.74, 6) is 1.63. The fourth-order valence-electron chi connectivity index (χ4n) is 2.63. The first-order chi connectivity index (χ1) is 13.1. The van der Waals surface area contributed by atoms with Crippen molar-refractivity contribution in [3.63, 3.8) is 0 Å². The van der Waals surface area contributed by atoms with E-state index in [-0.39, 0.29) is 11.6 Å². The molecule has 27 heavy (non-hydrogen) atoms. The van der Waals surface area contributed by atoms with Crippen molar-refractivity contribution in [2.75, 3.05) is 28.4 Å². The second-order valence-corrected chi connectivity index (χ2v) is 5.53. The van der Waals surface area contributed by atoms with Gasteiger partial charge >= 0.3 is 5.97 Å². The van der Waals surface area contributed by atoms with E-state index in [1.165, 1.54) is 21.3 Å². The minimum Gasteiger partial charge on any atom is -0.497 e. The topological polar surface area (TPSA) is 75.6 Å². The molecule has 3 rings (SSSR count). The van der Waals surface area contributed by atoms with Gasteiger partial charge in [0.2, 0.25) is 11.6 Å². The zero-order valence-corrected chi connectivity index (χ0v) is 15.4. The highest BCUT2D eigenvalue weighted by atomic mass is 16.6. The molecule has 0 saturated carbocycles. The number of carbonyl (C=O) groups is 1. The van der Waals surface area contributed by atoms with Crippen molar-refractivity contribution in [1.29, 1.82) is 0 Å². The normalized spacial score (nSPS) is 14.6. The standard InChI is InChI=1S/C20H19NO6/c1-23-14-7-5-6-12(8-14)9-15-20(22)27-19(21-15)13-10-16(24-2)18(26-4)17(11-13)25-3/h5-11H,1-4H3. The highest BCUT2D eigenvalue weighted by molar-refractivity contribution is 6.13. The van der Waals surface area contributed by atoms with E-state index in [1.807, 2.05) is 18.2 Å². The number of cyclic esters (lactones) is 1. The molecule has 0 bridgehead atoms. The summed E-state index contributed by atoms with van der Waals surface area (Å²) in [6, 6.07) is 10.6. The fraction of sp³-hybridized carbons (Fsp3) is 0.200. The summed E-state index contributed by atoms with van der Waals surface area (Å²) in [6.07, 6.45) is 1.63. The van der Waals surface area contributed by atoms with Crippen molar-refractivity contribution in [2.24, 2.45) is 4.99 Å². The van der Waals surface area contributed by atoms with E-state index >= 15 is 0 Å². The molecule has 0 atom stereocenters. The molecule has 2 aromatic carbocycles. The van der Waals surface area contributed by atoms with Gasteiger partial charge in [-0.3, -0.25) is 0 Å². The molecule has 1 aliphatic rings. The van der Waals surface area contributed by atoms with Gasteiger partial charge in [0.05, 0.1) is 28.4 Å². The Labute approximate surface area is 156 Å². The van der Waals surface area contributed by atoms with E-state index in [0.29, 0.717) is 28.6 Å². The number of rotatable bonds is 6. The van der Waals surface area contributed by atoms with Crippen LogP contribution in [0.5, 0.6) is 23.0 Å². The molecule has 0 radical (unpaired) electrons. The maximum atomic E-state index is 12.2. The molecule has 0 fully saturated rings. The molecule has 0 unspecified atom stereocenters. The Morgan fingerprint density at radius 2 is 1.63 bits per heavy atom. The summed E-state index contributed by atoms with van der Waals surface area (Å²) in [5, 5.41) is 0. The van der Waals surface area contributed by atoms with Gasteiger partial charge in [-0.15, -0.1) is 0 Å². The number of nitrogens with zero attached hydrogens (tertiary/aromatic N) is 1. The summed E-state index contributed by atoms with van der Waals surface area (Å²) < 4.78 is 26.5.